The molecule has 0 amide bonds. The van der Waals surface area contributed by atoms with E-state index in [-0.39, 0.29) is 29.5 Å². The highest BCUT2D eigenvalue weighted by Gasteiger charge is 2.43. The zero-order chi connectivity index (χ0) is 31.2. The van der Waals surface area contributed by atoms with E-state index in [4.69, 9.17) is 25.2 Å². The normalized spacial score (nSPS) is 22.6. The molecule has 1 aliphatic rings. The highest BCUT2D eigenvalue weighted by Crippen LogP contribution is 2.30. The number of rotatable bonds is 8. The Balaban J connectivity index is 0.000000603. The average molecular weight is 578 g/mol. The van der Waals surface area contributed by atoms with Crippen LogP contribution in [0.1, 0.15) is 27.0 Å². The van der Waals surface area contributed by atoms with Crippen LogP contribution < -0.4 is 5.56 Å². The molecule has 0 unspecified atom stereocenters. The number of hydrogen-bond acceptors (Lipinski definition) is 13. The van der Waals surface area contributed by atoms with Gasteiger partial charge in [0.2, 0.25) is 0 Å². The first-order chi connectivity index (χ1) is 18.5. The second-order valence-electron chi connectivity index (χ2n) is 10.6. The summed E-state index contributed by atoms with van der Waals surface area (Å²) in [4.78, 5) is 27.6. The summed E-state index contributed by atoms with van der Waals surface area (Å²) >= 11 is 0. The molecule has 0 saturated carbocycles. The molecular formula is C25H51N7O8. The van der Waals surface area contributed by atoms with Gasteiger partial charge in [-0.25, -0.2) is 9.97 Å². The van der Waals surface area contributed by atoms with E-state index in [1.165, 1.54) is 17.2 Å². The van der Waals surface area contributed by atoms with Crippen LogP contribution in [0.3, 0.4) is 0 Å². The van der Waals surface area contributed by atoms with E-state index in [9.17, 15) is 15.0 Å². The number of ether oxygens (including phenoxy) is 1. The lowest BCUT2D eigenvalue weighted by Gasteiger charge is -2.16. The van der Waals surface area contributed by atoms with Gasteiger partial charge in [0.1, 0.15) is 18.3 Å². The monoisotopic (exact) mass is 577 g/mol. The first-order valence-corrected chi connectivity index (χ1v) is 13.0. The molecule has 3 heterocycles. The maximum Gasteiger partial charge on any atom is 0.278 e. The Bertz CT molecular complexity index is 930. The number of fused-ring (bicyclic) bond motifs is 1. The lowest BCUT2D eigenvalue weighted by Crippen LogP contribution is -2.33. The number of hydrogen-bond donors (Lipinski definition) is 7. The summed E-state index contributed by atoms with van der Waals surface area (Å²) in [5.41, 5.74) is -0.0608. The summed E-state index contributed by atoms with van der Waals surface area (Å²) in [6.45, 7) is 7.16. The zero-order valence-corrected chi connectivity index (χ0v) is 25.2. The highest BCUT2D eigenvalue weighted by molar-refractivity contribution is 5.68. The van der Waals surface area contributed by atoms with E-state index < -0.39 is 36.7 Å². The van der Waals surface area contributed by atoms with E-state index in [2.05, 4.69) is 15.0 Å². The van der Waals surface area contributed by atoms with Gasteiger partial charge >= 0.3 is 0 Å². The third-order valence-electron chi connectivity index (χ3n) is 5.04. The van der Waals surface area contributed by atoms with Crippen molar-refractivity contribution in [3.63, 3.8) is 0 Å². The minimum Gasteiger partial charge on any atom is -0.394 e. The van der Waals surface area contributed by atoms with E-state index in [0.29, 0.717) is 0 Å². The molecule has 0 radical (unpaired) electrons. The summed E-state index contributed by atoms with van der Waals surface area (Å²) < 4.78 is 6.70. The number of imidazole rings is 1. The minimum absolute atomic E-state index is 0.111. The predicted octanol–water partition coefficient (Wildman–Crippen LogP) is -2.48. The van der Waals surface area contributed by atoms with Crippen molar-refractivity contribution >= 4 is 11.2 Å². The van der Waals surface area contributed by atoms with Gasteiger partial charge in [0.05, 0.1) is 37.6 Å². The number of aliphatic hydroxyl groups is 6. The Labute approximate surface area is 236 Å². The van der Waals surface area contributed by atoms with Crippen molar-refractivity contribution in [3.8, 4) is 0 Å². The zero-order valence-electron chi connectivity index (χ0n) is 25.2. The quantitative estimate of drug-likeness (QED) is 0.174. The largest absolute Gasteiger partial charge is 0.394 e. The van der Waals surface area contributed by atoms with Gasteiger partial charge in [0.25, 0.3) is 5.56 Å². The van der Waals surface area contributed by atoms with E-state index in [1.54, 1.807) is 20.8 Å². The molecule has 0 aliphatic carbocycles. The standard InChI is InChI=1S/C10H12N4O5.3C5H13NO/c15-1-4-6(16)7(17)10(19-4)14-3-13-5-8(14)11-2-12-9(5)18;3*1-5(7)4-6(2)3/h2-4,6-7,10,15-17H,1H2,(H,11,12,18);3*5,7H,4H2,1-3H3/t4-,6-,7-,10-;3*5-/m1111/s1. The second kappa shape index (κ2) is 19.1. The summed E-state index contributed by atoms with van der Waals surface area (Å²) in [5.74, 6) is 0. The van der Waals surface area contributed by atoms with Gasteiger partial charge in [-0.15, -0.1) is 0 Å². The fourth-order valence-corrected chi connectivity index (χ4v) is 3.74. The van der Waals surface area contributed by atoms with Crippen LogP contribution in [0, 0.1) is 0 Å². The van der Waals surface area contributed by atoms with Crippen LogP contribution in [-0.2, 0) is 4.74 Å². The first kappa shape index (κ1) is 38.0. The smallest absolute Gasteiger partial charge is 0.278 e. The minimum atomic E-state index is -1.24. The Kier molecular flexibility index (Phi) is 18.2. The van der Waals surface area contributed by atoms with Crippen molar-refractivity contribution in [2.45, 2.75) is 63.6 Å². The number of likely N-dealkylation sites (N-methyl/N-ethyl adjacent to an activating group) is 3. The number of aromatic amines is 1. The summed E-state index contributed by atoms with van der Waals surface area (Å²) in [6.07, 6.45) is -2.38. The van der Waals surface area contributed by atoms with Crippen LogP contribution in [0.5, 0.6) is 0 Å². The lowest BCUT2D eigenvalue weighted by molar-refractivity contribution is -0.0511. The Morgan fingerprint density at radius 2 is 1.32 bits per heavy atom. The third kappa shape index (κ3) is 14.5. The molecule has 7 atom stereocenters. The molecular weight excluding hydrogens is 526 g/mol. The number of aromatic nitrogens is 4. The van der Waals surface area contributed by atoms with Gasteiger partial charge in [-0.2, -0.15) is 0 Å². The fraction of sp³-hybridized carbons (Fsp3) is 0.800. The molecule has 1 fully saturated rings. The number of nitrogens with zero attached hydrogens (tertiary/aromatic N) is 6. The van der Waals surface area contributed by atoms with Gasteiger partial charge in [-0.1, -0.05) is 0 Å². The molecule has 0 aromatic carbocycles. The molecule has 1 saturated heterocycles. The Hall–Kier alpha value is -2.05. The molecule has 0 bridgehead atoms. The van der Waals surface area contributed by atoms with Crippen molar-refractivity contribution in [1.82, 2.24) is 34.2 Å². The Morgan fingerprint density at radius 3 is 1.65 bits per heavy atom. The number of aliphatic hydroxyl groups excluding tert-OH is 6. The number of H-pyrrole nitrogens is 1. The summed E-state index contributed by atoms with van der Waals surface area (Å²) in [5, 5.41) is 54.7. The van der Waals surface area contributed by atoms with Crippen LogP contribution in [0.2, 0.25) is 0 Å². The average Bonchev–Trinajstić information content (AvgIpc) is 3.34. The van der Waals surface area contributed by atoms with Crippen molar-refractivity contribution < 1.29 is 35.4 Å². The van der Waals surface area contributed by atoms with Gasteiger partial charge in [0, 0.05) is 19.6 Å². The van der Waals surface area contributed by atoms with Crippen molar-refractivity contribution in [1.29, 1.82) is 0 Å². The molecule has 7 N–H and O–H groups in total. The van der Waals surface area contributed by atoms with E-state index >= 15 is 0 Å². The molecule has 15 nitrogen and oxygen atoms in total. The van der Waals surface area contributed by atoms with Gasteiger partial charge < -0.3 is 55.1 Å². The fourth-order valence-electron chi connectivity index (χ4n) is 3.74. The lowest BCUT2D eigenvalue weighted by atomic mass is 10.1. The van der Waals surface area contributed by atoms with Crippen LogP contribution in [-0.4, -0.2) is 170 Å². The molecule has 234 valence electrons. The highest BCUT2D eigenvalue weighted by atomic mass is 16.6. The summed E-state index contributed by atoms with van der Waals surface area (Å²) in [6, 6.07) is 0. The first-order valence-electron chi connectivity index (χ1n) is 13.0. The molecule has 2 aromatic heterocycles. The van der Waals surface area contributed by atoms with Crippen molar-refractivity contribution in [2.75, 3.05) is 68.5 Å². The van der Waals surface area contributed by atoms with Gasteiger partial charge in [-0.05, 0) is 63.1 Å². The van der Waals surface area contributed by atoms with Crippen LogP contribution >= 0.6 is 0 Å². The molecule has 15 heteroatoms. The van der Waals surface area contributed by atoms with Crippen LogP contribution in [0.4, 0.5) is 0 Å². The van der Waals surface area contributed by atoms with Crippen molar-refractivity contribution in [3.05, 3.63) is 23.0 Å². The molecule has 1 aliphatic heterocycles. The maximum absolute atomic E-state index is 11.5. The summed E-state index contributed by atoms with van der Waals surface area (Å²) in [7, 11) is 11.6. The van der Waals surface area contributed by atoms with Gasteiger partial charge in [0.15, 0.2) is 17.4 Å². The molecule has 40 heavy (non-hydrogen) atoms. The maximum atomic E-state index is 11.5. The van der Waals surface area contributed by atoms with E-state index in [1.807, 2.05) is 57.0 Å². The van der Waals surface area contributed by atoms with E-state index in [0.717, 1.165) is 19.6 Å². The predicted molar refractivity (Wildman–Crippen MR) is 152 cm³/mol. The van der Waals surface area contributed by atoms with Crippen LogP contribution in [0.25, 0.3) is 11.2 Å². The second-order valence-corrected chi connectivity index (χ2v) is 10.6. The topological polar surface area (TPSA) is 204 Å². The van der Waals surface area contributed by atoms with Crippen molar-refractivity contribution in [2.24, 2.45) is 0 Å². The molecule has 0 spiro atoms. The third-order valence-corrected chi connectivity index (χ3v) is 5.04. The van der Waals surface area contributed by atoms with Gasteiger partial charge in [-0.3, -0.25) is 9.36 Å². The SMILES string of the molecule is C[C@@H](O)CN(C)C.C[C@@H](O)CN(C)C.C[C@@H](O)CN(C)C.O=c1[nH]cnc2c1ncn2[C@@H]1O[C@H](CO)[C@@H](O)[C@H]1O. The number of nitrogens with one attached hydrogen (secondary N) is 1. The molecule has 2 aromatic rings. The van der Waals surface area contributed by atoms with Crippen LogP contribution in [0.15, 0.2) is 17.4 Å². The Morgan fingerprint density at radius 1 is 0.875 bits per heavy atom. The molecule has 3 rings (SSSR count).